The van der Waals surface area contributed by atoms with Gasteiger partial charge in [0.15, 0.2) is 6.61 Å². The third kappa shape index (κ3) is 11.7. The average Bonchev–Trinajstić information content (AvgIpc) is 3.00. The van der Waals surface area contributed by atoms with Gasteiger partial charge in [-0.2, -0.15) is 0 Å². The maximum absolute atomic E-state index is 12.5. The monoisotopic (exact) mass is 507 g/mol. The molecule has 0 aromatic carbocycles. The van der Waals surface area contributed by atoms with Crippen molar-refractivity contribution in [1.29, 1.82) is 0 Å². The predicted octanol–water partition coefficient (Wildman–Crippen LogP) is 8.61. The van der Waals surface area contributed by atoms with Gasteiger partial charge in [-0.05, 0) is 49.7 Å². The molecule has 3 rings (SSSR count). The molecule has 206 valence electrons. The number of rotatable bonds is 10. The first-order valence-electron chi connectivity index (χ1n) is 15.7. The predicted molar refractivity (Wildman–Crippen MR) is 160 cm³/mol. The number of nitrogens with one attached hydrogen (secondary N) is 1. The summed E-state index contributed by atoms with van der Waals surface area (Å²) in [7, 11) is 1.52. The Kier molecular flexibility index (Phi) is 14.3. The highest BCUT2D eigenvalue weighted by Gasteiger charge is 2.29. The van der Waals surface area contributed by atoms with E-state index in [0.717, 1.165) is 36.3 Å². The molecule has 3 aliphatic carbocycles. The number of hydrogen-bond donors (Lipinski definition) is 1. The zero-order valence-corrected chi connectivity index (χ0v) is 23.6. The minimum absolute atomic E-state index is 0.0248. The molecule has 0 aromatic rings. The summed E-state index contributed by atoms with van der Waals surface area (Å²) in [6.45, 7) is 7.43. The van der Waals surface area contributed by atoms with Crippen molar-refractivity contribution in [1.82, 2.24) is 5.32 Å². The Labute approximate surface area is 228 Å². The maximum Gasteiger partial charge on any atom is 0.258 e. The molecule has 1 N–H and O–H groups in total. The highest BCUT2D eigenvalue weighted by atomic mass is 16.5. The first-order valence-corrected chi connectivity index (χ1v) is 15.7. The van der Waals surface area contributed by atoms with E-state index in [1.807, 2.05) is 0 Å². The van der Waals surface area contributed by atoms with Crippen LogP contribution < -0.4 is 5.32 Å². The molecular weight excluding hydrogens is 453 g/mol. The number of amides is 1. The van der Waals surface area contributed by atoms with Crippen LogP contribution in [0.3, 0.4) is 0 Å². The highest BCUT2D eigenvalue weighted by molar-refractivity contribution is 6.39. The topological polar surface area (TPSA) is 38.3 Å². The van der Waals surface area contributed by atoms with Gasteiger partial charge in [0.1, 0.15) is 13.0 Å². The van der Waals surface area contributed by atoms with Gasteiger partial charge in [-0.25, -0.2) is 0 Å². The van der Waals surface area contributed by atoms with E-state index in [1.54, 1.807) is 30.4 Å². The number of carbonyl (C=O) groups excluding carboxylic acids is 1. The number of ether oxygens (including phenoxy) is 1. The molecule has 0 saturated heterocycles. The van der Waals surface area contributed by atoms with Crippen molar-refractivity contribution in [3.63, 3.8) is 0 Å². The number of carbonyl (C=O) groups is 1. The van der Waals surface area contributed by atoms with Gasteiger partial charge in [0.25, 0.3) is 5.91 Å². The van der Waals surface area contributed by atoms with E-state index in [1.165, 1.54) is 110 Å². The Hall–Kier alpha value is -1.71. The lowest BCUT2D eigenvalue weighted by atomic mass is 9.50. The molecule has 0 aromatic heterocycles. The fraction of sp³-hybridized carbons (Fsp3) is 0.727. The zero-order chi connectivity index (χ0) is 26.1. The van der Waals surface area contributed by atoms with E-state index in [0.29, 0.717) is 11.8 Å². The first kappa shape index (κ1) is 29.8. The Bertz CT molecular complexity index is 729. The molecule has 0 aliphatic heterocycles. The maximum atomic E-state index is 12.5. The largest absolute Gasteiger partial charge is 0.484 e. The van der Waals surface area contributed by atoms with Gasteiger partial charge in [0.2, 0.25) is 0 Å². The van der Waals surface area contributed by atoms with E-state index < -0.39 is 0 Å². The van der Waals surface area contributed by atoms with Crippen LogP contribution in [0.15, 0.2) is 49.3 Å². The van der Waals surface area contributed by atoms with Gasteiger partial charge in [0.05, 0.1) is 0 Å². The van der Waals surface area contributed by atoms with E-state index in [9.17, 15) is 4.79 Å². The van der Waals surface area contributed by atoms with Gasteiger partial charge >= 0.3 is 0 Å². The molecule has 1 amide bonds. The van der Waals surface area contributed by atoms with Crippen LogP contribution >= 0.6 is 0 Å². The summed E-state index contributed by atoms with van der Waals surface area (Å²) in [5.41, 5.74) is 0. The van der Waals surface area contributed by atoms with E-state index in [4.69, 9.17) is 4.74 Å². The molecule has 2 unspecified atom stereocenters. The second-order valence-electron chi connectivity index (χ2n) is 12.2. The van der Waals surface area contributed by atoms with Crippen molar-refractivity contribution in [3.05, 3.63) is 49.3 Å². The molecule has 2 atom stereocenters. The van der Waals surface area contributed by atoms with Gasteiger partial charge in [-0.1, -0.05) is 133 Å². The van der Waals surface area contributed by atoms with Gasteiger partial charge in [0, 0.05) is 6.04 Å². The second-order valence-corrected chi connectivity index (χ2v) is 12.2. The standard InChI is InChI=1S/C33H54BNO2/c1-3-5-21-32(14-4-2)37-26-33(36)35-31-24-22-28(23-25-31)27-15-11-12-19-30(20-13-16-27)34-29-17-9-7-6-8-10-18-29/h3-5,14,21,27-31,34H,1-2,6-13,15-20,22-26H2,(H,35,36)/b21-5-,32-14+. The molecule has 0 radical (unpaired) electrons. The first-order chi connectivity index (χ1) is 18.2. The van der Waals surface area contributed by atoms with Gasteiger partial charge in [-0.15, -0.1) is 0 Å². The van der Waals surface area contributed by atoms with Crippen molar-refractivity contribution in [3.8, 4) is 0 Å². The van der Waals surface area contributed by atoms with Crippen molar-refractivity contribution < 1.29 is 9.53 Å². The molecular formula is C33H54BNO2. The molecule has 37 heavy (non-hydrogen) atoms. The Morgan fingerprint density at radius 1 is 0.730 bits per heavy atom. The zero-order valence-electron chi connectivity index (χ0n) is 23.6. The fourth-order valence-corrected chi connectivity index (χ4v) is 7.34. The van der Waals surface area contributed by atoms with Crippen LogP contribution in [-0.2, 0) is 9.53 Å². The smallest absolute Gasteiger partial charge is 0.258 e. The Balaban J connectivity index is 1.36. The Morgan fingerprint density at radius 3 is 1.97 bits per heavy atom. The minimum Gasteiger partial charge on any atom is -0.484 e. The minimum atomic E-state index is -0.0248. The fourth-order valence-electron chi connectivity index (χ4n) is 7.34. The number of hydrogen-bond acceptors (Lipinski definition) is 2. The van der Waals surface area contributed by atoms with E-state index in [2.05, 4.69) is 18.5 Å². The third-order valence-electron chi connectivity index (χ3n) is 9.37. The van der Waals surface area contributed by atoms with Crippen LogP contribution in [0.1, 0.15) is 116 Å². The van der Waals surface area contributed by atoms with Crippen LogP contribution in [0, 0.1) is 11.8 Å². The van der Waals surface area contributed by atoms with E-state index >= 15 is 0 Å². The summed E-state index contributed by atoms with van der Waals surface area (Å²) in [5, 5.41) is 3.22. The molecule has 3 saturated carbocycles. The van der Waals surface area contributed by atoms with Crippen LogP contribution in [0.2, 0.25) is 11.6 Å². The number of allylic oxidation sites excluding steroid dienone is 5. The van der Waals surface area contributed by atoms with Crippen LogP contribution in [-0.4, -0.2) is 25.8 Å². The molecule has 3 fully saturated rings. The Morgan fingerprint density at radius 2 is 1.30 bits per heavy atom. The van der Waals surface area contributed by atoms with E-state index in [-0.39, 0.29) is 12.5 Å². The van der Waals surface area contributed by atoms with Gasteiger partial charge < -0.3 is 10.1 Å². The quantitative estimate of drug-likeness (QED) is 0.183. The van der Waals surface area contributed by atoms with Crippen LogP contribution in [0.5, 0.6) is 0 Å². The summed E-state index contributed by atoms with van der Waals surface area (Å²) in [5.74, 6) is 4.38. The van der Waals surface area contributed by atoms with Crippen molar-refractivity contribution in [2.24, 2.45) is 11.8 Å². The highest BCUT2D eigenvalue weighted by Crippen LogP contribution is 2.39. The SMILES string of the molecule is C=C/C=C\C(=C/C=C)OCC(=O)NC1CCC(C2CCCCC(BC3CCCCCCC3)CCC2)CC1. The third-order valence-corrected chi connectivity index (χ3v) is 9.37. The van der Waals surface area contributed by atoms with Crippen molar-refractivity contribution >= 4 is 13.2 Å². The molecule has 0 heterocycles. The lowest BCUT2D eigenvalue weighted by Gasteiger charge is -2.34. The summed E-state index contributed by atoms with van der Waals surface area (Å²) in [4.78, 5) is 12.5. The summed E-state index contributed by atoms with van der Waals surface area (Å²) in [6.07, 6.45) is 34.0. The lowest BCUT2D eigenvalue weighted by molar-refractivity contribution is -0.125. The molecule has 3 nitrogen and oxygen atoms in total. The van der Waals surface area contributed by atoms with Crippen LogP contribution in [0.4, 0.5) is 0 Å². The summed E-state index contributed by atoms with van der Waals surface area (Å²) < 4.78 is 5.65. The van der Waals surface area contributed by atoms with Crippen molar-refractivity contribution in [2.45, 2.75) is 133 Å². The average molecular weight is 508 g/mol. The molecule has 4 heteroatoms. The molecule has 0 bridgehead atoms. The lowest BCUT2D eigenvalue weighted by Crippen LogP contribution is -2.40. The molecule has 3 aliphatic rings. The van der Waals surface area contributed by atoms with Crippen LogP contribution in [0.25, 0.3) is 0 Å². The summed E-state index contributed by atoms with van der Waals surface area (Å²) in [6, 6.07) is 0.299. The second kappa shape index (κ2) is 17.7. The van der Waals surface area contributed by atoms with Crippen molar-refractivity contribution in [2.75, 3.05) is 6.61 Å². The van der Waals surface area contributed by atoms with Gasteiger partial charge in [-0.3, -0.25) is 4.79 Å². The normalized spacial score (nSPS) is 29.1. The molecule has 0 spiro atoms. The summed E-state index contributed by atoms with van der Waals surface area (Å²) >= 11 is 0.